The molecule has 1 saturated carbocycles. The van der Waals surface area contributed by atoms with Gasteiger partial charge in [-0.25, -0.2) is 9.18 Å². The predicted molar refractivity (Wildman–Crippen MR) is 141 cm³/mol. The molecule has 4 aromatic rings. The molecule has 188 valence electrons. The normalized spacial score (nSPS) is 14.6. The Bertz CT molecular complexity index is 1460. The van der Waals surface area contributed by atoms with Crippen LogP contribution in [0.4, 0.5) is 15.0 Å². The smallest absolute Gasteiger partial charge is 0.413 e. The van der Waals surface area contributed by atoms with Crippen molar-refractivity contribution in [2.45, 2.75) is 31.3 Å². The number of carbonyl (C=O) groups excluding carboxylic acids is 2. The number of aldehydes is 1. The van der Waals surface area contributed by atoms with Gasteiger partial charge in [0.1, 0.15) is 24.0 Å². The fourth-order valence-corrected chi connectivity index (χ4v) is 4.70. The molecule has 5 rings (SSSR count). The van der Waals surface area contributed by atoms with Crippen LogP contribution >= 0.6 is 11.6 Å². The summed E-state index contributed by atoms with van der Waals surface area (Å²) in [5.41, 5.74) is 3.27. The number of ether oxygens (including phenoxy) is 1. The summed E-state index contributed by atoms with van der Waals surface area (Å²) in [6.07, 6.45) is 3.00. The lowest BCUT2D eigenvalue weighted by molar-refractivity contribution is -0.109. The minimum absolute atomic E-state index is 0.197. The Labute approximate surface area is 219 Å². The second-order valence-corrected chi connectivity index (χ2v) is 9.68. The van der Waals surface area contributed by atoms with E-state index in [2.05, 4.69) is 10.4 Å². The van der Waals surface area contributed by atoms with Crippen molar-refractivity contribution in [2.24, 2.45) is 7.05 Å². The first-order valence-corrected chi connectivity index (χ1v) is 12.3. The number of rotatable bonds is 7. The van der Waals surface area contributed by atoms with Crippen LogP contribution in [-0.2, 0) is 22.0 Å². The first-order valence-electron chi connectivity index (χ1n) is 11.9. The van der Waals surface area contributed by atoms with Crippen molar-refractivity contribution >= 4 is 29.8 Å². The molecule has 3 aromatic carbocycles. The molecule has 0 aliphatic heterocycles. The van der Waals surface area contributed by atoms with Gasteiger partial charge < -0.3 is 9.53 Å². The number of carbonyl (C=O) groups is 2. The number of nitrogens with zero attached hydrogens (tertiary/aromatic N) is 2. The van der Waals surface area contributed by atoms with Gasteiger partial charge in [0.05, 0.1) is 11.6 Å². The third-order valence-electron chi connectivity index (χ3n) is 6.84. The van der Waals surface area contributed by atoms with Gasteiger partial charge in [-0.3, -0.25) is 10.00 Å². The molecule has 37 heavy (non-hydrogen) atoms. The van der Waals surface area contributed by atoms with Crippen molar-refractivity contribution in [3.05, 3.63) is 94.9 Å². The Hall–Kier alpha value is -3.97. The lowest BCUT2D eigenvalue weighted by atomic mass is 9.94. The van der Waals surface area contributed by atoms with Gasteiger partial charge in [0.25, 0.3) is 0 Å². The van der Waals surface area contributed by atoms with Gasteiger partial charge in [0.15, 0.2) is 0 Å². The fraction of sp³-hybridized carbons (Fsp3) is 0.207. The minimum atomic E-state index is -0.687. The molecule has 1 aromatic heterocycles. The topological polar surface area (TPSA) is 73.2 Å². The first kappa shape index (κ1) is 24.7. The summed E-state index contributed by atoms with van der Waals surface area (Å²) in [4.78, 5) is 24.0. The highest BCUT2D eigenvalue weighted by atomic mass is 35.5. The average molecular weight is 518 g/mol. The number of benzene rings is 3. The van der Waals surface area contributed by atoms with Crippen molar-refractivity contribution in [2.75, 3.05) is 5.32 Å². The largest absolute Gasteiger partial charge is 0.441 e. The van der Waals surface area contributed by atoms with E-state index in [1.165, 1.54) is 23.0 Å². The summed E-state index contributed by atoms with van der Waals surface area (Å²) in [6.45, 7) is 1.77. The van der Waals surface area contributed by atoms with Crippen molar-refractivity contribution in [1.29, 1.82) is 0 Å². The number of halogens is 2. The summed E-state index contributed by atoms with van der Waals surface area (Å²) < 4.78 is 22.3. The number of anilines is 1. The van der Waals surface area contributed by atoms with Crippen LogP contribution in [0.5, 0.6) is 0 Å². The second-order valence-electron chi connectivity index (χ2n) is 9.28. The van der Waals surface area contributed by atoms with E-state index in [4.69, 9.17) is 16.3 Å². The number of nitrogens with one attached hydrogen (secondary N) is 1. The van der Waals surface area contributed by atoms with Crippen molar-refractivity contribution in [3.8, 4) is 22.3 Å². The number of aromatic nitrogens is 2. The molecule has 1 amide bonds. The van der Waals surface area contributed by atoms with Crippen LogP contribution in [0.15, 0.2) is 72.9 Å². The lowest BCUT2D eigenvalue weighted by Crippen LogP contribution is -2.18. The van der Waals surface area contributed by atoms with Crippen molar-refractivity contribution in [1.82, 2.24) is 9.78 Å². The van der Waals surface area contributed by atoms with Gasteiger partial charge >= 0.3 is 6.09 Å². The number of amides is 1. The molecule has 0 saturated heterocycles. The van der Waals surface area contributed by atoms with E-state index in [0.717, 1.165) is 35.8 Å². The Morgan fingerprint density at radius 1 is 1.11 bits per heavy atom. The number of hydrogen-bond acceptors (Lipinski definition) is 4. The molecule has 1 N–H and O–H groups in total. The molecule has 0 spiro atoms. The van der Waals surface area contributed by atoms with Gasteiger partial charge in [0, 0.05) is 28.8 Å². The molecular weight excluding hydrogens is 493 g/mol. The average Bonchev–Trinajstić information content (AvgIpc) is 3.64. The van der Waals surface area contributed by atoms with Crippen LogP contribution in [0.3, 0.4) is 0 Å². The van der Waals surface area contributed by atoms with Crippen LogP contribution in [0.1, 0.15) is 37.0 Å². The number of hydrogen-bond donors (Lipinski definition) is 1. The quantitative estimate of drug-likeness (QED) is 0.266. The lowest BCUT2D eigenvalue weighted by Gasteiger charge is -2.15. The van der Waals surface area contributed by atoms with Gasteiger partial charge in [-0.05, 0) is 48.6 Å². The van der Waals surface area contributed by atoms with E-state index in [1.807, 2.05) is 54.6 Å². The van der Waals surface area contributed by atoms with E-state index in [-0.39, 0.29) is 16.8 Å². The zero-order valence-electron chi connectivity index (χ0n) is 20.4. The molecule has 1 fully saturated rings. The molecule has 1 atom stereocenters. The molecule has 0 radical (unpaired) electrons. The molecule has 0 bridgehead atoms. The summed E-state index contributed by atoms with van der Waals surface area (Å²) in [5, 5.41) is 7.22. The van der Waals surface area contributed by atoms with Crippen molar-refractivity contribution in [3.63, 3.8) is 0 Å². The third kappa shape index (κ3) is 4.87. The fourth-order valence-electron chi connectivity index (χ4n) is 4.43. The highest BCUT2D eigenvalue weighted by Gasteiger charge is 2.44. The Morgan fingerprint density at radius 3 is 2.46 bits per heavy atom. The Balaban J connectivity index is 1.38. The van der Waals surface area contributed by atoms with Gasteiger partial charge in [-0.1, -0.05) is 66.2 Å². The van der Waals surface area contributed by atoms with E-state index >= 15 is 4.39 Å². The highest BCUT2D eigenvalue weighted by molar-refractivity contribution is 6.33. The standard InChI is InChI=1S/C29H25ClFN3O3/c1-18(19-6-4-3-5-7-19)37-28(36)33-27-24(16-32-34(27)2)23-14-25(30)22(15-26(23)31)20-8-10-21(11-9-20)29(17-35)12-13-29/h3-11,14-18H,12-13H2,1-2H3,(H,33,36)/t18-/m1/s1. The van der Waals surface area contributed by atoms with Gasteiger partial charge in [-0.2, -0.15) is 5.10 Å². The molecule has 0 unspecified atom stereocenters. The molecule has 6 nitrogen and oxygen atoms in total. The SMILES string of the molecule is C[C@@H](OC(=O)Nc1c(-c2cc(Cl)c(-c3ccc(C4(C=O)CC4)cc3)cc2F)cnn1C)c1ccccc1. The molecular formula is C29H25ClFN3O3. The molecule has 8 heteroatoms. The molecule has 1 aliphatic carbocycles. The van der Waals surface area contributed by atoms with Gasteiger partial charge in [0.2, 0.25) is 0 Å². The predicted octanol–water partition coefficient (Wildman–Crippen LogP) is 7.09. The Kier molecular flexibility index (Phi) is 6.56. The van der Waals surface area contributed by atoms with E-state index in [1.54, 1.807) is 14.0 Å². The van der Waals surface area contributed by atoms with Crippen molar-refractivity contribution < 1.29 is 18.7 Å². The summed E-state index contributed by atoms with van der Waals surface area (Å²) in [7, 11) is 1.64. The highest BCUT2D eigenvalue weighted by Crippen LogP contribution is 2.47. The number of aryl methyl sites for hydroxylation is 1. The van der Waals surface area contributed by atoms with E-state index in [0.29, 0.717) is 16.1 Å². The zero-order chi connectivity index (χ0) is 26.2. The zero-order valence-corrected chi connectivity index (χ0v) is 21.1. The van der Waals surface area contributed by atoms with Crippen LogP contribution in [0.25, 0.3) is 22.3 Å². The van der Waals surface area contributed by atoms with Crippen LogP contribution in [-0.4, -0.2) is 22.2 Å². The maximum atomic E-state index is 15.4. The maximum Gasteiger partial charge on any atom is 0.413 e. The summed E-state index contributed by atoms with van der Waals surface area (Å²) in [5.74, 6) is -0.238. The summed E-state index contributed by atoms with van der Waals surface area (Å²) in [6, 6.07) is 19.7. The van der Waals surface area contributed by atoms with E-state index < -0.39 is 18.0 Å². The Morgan fingerprint density at radius 2 is 1.81 bits per heavy atom. The first-order chi connectivity index (χ1) is 17.8. The van der Waals surface area contributed by atoms with Crippen LogP contribution in [0.2, 0.25) is 5.02 Å². The second kappa shape index (κ2) is 9.82. The monoisotopic (exact) mass is 517 g/mol. The molecule has 1 heterocycles. The summed E-state index contributed by atoms with van der Waals surface area (Å²) >= 11 is 6.59. The third-order valence-corrected chi connectivity index (χ3v) is 7.16. The maximum absolute atomic E-state index is 15.4. The molecule has 1 aliphatic rings. The van der Waals surface area contributed by atoms with Crippen LogP contribution in [0, 0.1) is 5.82 Å². The van der Waals surface area contributed by atoms with Gasteiger partial charge in [-0.15, -0.1) is 0 Å². The van der Waals surface area contributed by atoms with E-state index in [9.17, 15) is 9.59 Å². The minimum Gasteiger partial charge on any atom is -0.441 e. The van der Waals surface area contributed by atoms with Crippen LogP contribution < -0.4 is 5.32 Å².